The smallest absolute Gasteiger partial charge is 0.159 e. The summed E-state index contributed by atoms with van der Waals surface area (Å²) < 4.78 is 0.936. The van der Waals surface area contributed by atoms with Crippen LogP contribution in [0.3, 0.4) is 0 Å². The van der Waals surface area contributed by atoms with Crippen molar-refractivity contribution in [3.63, 3.8) is 0 Å². The molecule has 0 aliphatic rings. The first kappa shape index (κ1) is 15.3. The quantitative estimate of drug-likeness (QED) is 0.625. The average Bonchev–Trinajstić information content (AvgIpc) is 2.55. The predicted molar refractivity (Wildman–Crippen MR) is 98.3 cm³/mol. The first-order valence-corrected chi connectivity index (χ1v) is 7.88. The van der Waals surface area contributed by atoms with Crippen molar-refractivity contribution in [3.05, 3.63) is 64.9 Å². The summed E-state index contributed by atoms with van der Waals surface area (Å²) in [5, 5.41) is 6.43. The number of hydrogen-bond donors (Lipinski definition) is 3. The molecule has 0 fully saturated rings. The van der Waals surface area contributed by atoms with E-state index < -0.39 is 0 Å². The van der Waals surface area contributed by atoms with E-state index in [1.54, 1.807) is 0 Å². The van der Waals surface area contributed by atoms with Crippen LogP contribution in [0, 0.1) is 6.92 Å². The Bertz CT molecular complexity index is 817. The molecule has 2 aromatic carbocycles. The van der Waals surface area contributed by atoms with Crippen LogP contribution in [0.4, 0.5) is 28.7 Å². The maximum absolute atomic E-state index is 6.19. The summed E-state index contributed by atoms with van der Waals surface area (Å²) >= 11 is 3.50. The lowest BCUT2D eigenvalue weighted by Gasteiger charge is -2.13. The molecule has 5 nitrogen and oxygen atoms in total. The minimum absolute atomic E-state index is 0.462. The third kappa shape index (κ3) is 3.60. The molecule has 0 aliphatic carbocycles. The molecule has 0 aliphatic heterocycles. The Balaban J connectivity index is 1.86. The molecule has 0 saturated carbocycles. The number of rotatable bonds is 4. The number of hydrogen-bond acceptors (Lipinski definition) is 5. The molecule has 23 heavy (non-hydrogen) atoms. The normalized spacial score (nSPS) is 10.3. The van der Waals surface area contributed by atoms with E-state index >= 15 is 0 Å². The minimum atomic E-state index is 0.462. The molecule has 0 amide bonds. The van der Waals surface area contributed by atoms with Crippen LogP contribution >= 0.6 is 15.9 Å². The fourth-order valence-corrected chi connectivity index (χ4v) is 2.44. The Kier molecular flexibility index (Phi) is 4.43. The number of nitrogens with zero attached hydrogens (tertiary/aromatic N) is 2. The SMILES string of the molecule is Cc1ccc(Nc2ncnc(Nc3ccccc3Br)c2N)cc1. The molecule has 0 bridgehead atoms. The van der Waals surface area contributed by atoms with Crippen molar-refractivity contribution in [2.75, 3.05) is 16.4 Å². The molecule has 6 heteroatoms. The Hall–Kier alpha value is -2.60. The molecular weight excluding hydrogens is 354 g/mol. The number of nitrogen functional groups attached to an aromatic ring is 1. The van der Waals surface area contributed by atoms with Crippen LogP contribution in [0.2, 0.25) is 0 Å². The van der Waals surface area contributed by atoms with Crippen molar-refractivity contribution in [1.29, 1.82) is 0 Å². The van der Waals surface area contributed by atoms with E-state index in [2.05, 4.69) is 36.5 Å². The standard InChI is InChI=1S/C17H16BrN5/c1-11-6-8-12(9-7-11)22-16-15(19)17(21-10-20-16)23-14-5-3-2-4-13(14)18/h2-10H,19H2,1H3,(H2,20,21,22,23). The second kappa shape index (κ2) is 6.66. The van der Waals surface area contributed by atoms with Gasteiger partial charge in [-0.3, -0.25) is 0 Å². The summed E-state index contributed by atoms with van der Waals surface area (Å²) in [5.74, 6) is 1.12. The molecule has 0 spiro atoms. The van der Waals surface area contributed by atoms with Gasteiger partial charge in [-0.1, -0.05) is 29.8 Å². The Morgan fingerprint density at radius 3 is 2.26 bits per heavy atom. The number of aromatic nitrogens is 2. The average molecular weight is 370 g/mol. The van der Waals surface area contributed by atoms with E-state index in [9.17, 15) is 0 Å². The summed E-state index contributed by atoms with van der Waals surface area (Å²) in [6.07, 6.45) is 1.48. The van der Waals surface area contributed by atoms with Crippen LogP contribution in [0.15, 0.2) is 59.3 Å². The van der Waals surface area contributed by atoms with Gasteiger partial charge in [0.05, 0.1) is 5.69 Å². The number of nitrogens with one attached hydrogen (secondary N) is 2. The maximum Gasteiger partial charge on any atom is 0.159 e. The van der Waals surface area contributed by atoms with Crippen LogP contribution in [-0.4, -0.2) is 9.97 Å². The lowest BCUT2D eigenvalue weighted by Crippen LogP contribution is -2.05. The zero-order valence-electron chi connectivity index (χ0n) is 12.5. The molecule has 3 rings (SSSR count). The fourth-order valence-electron chi connectivity index (χ4n) is 2.06. The summed E-state index contributed by atoms with van der Waals surface area (Å²) in [6.45, 7) is 2.04. The summed E-state index contributed by atoms with van der Waals surface area (Å²) in [7, 11) is 0. The summed E-state index contributed by atoms with van der Waals surface area (Å²) in [4.78, 5) is 8.44. The fraction of sp³-hybridized carbons (Fsp3) is 0.0588. The summed E-state index contributed by atoms with van der Waals surface area (Å²) in [5.41, 5.74) is 9.66. The minimum Gasteiger partial charge on any atom is -0.393 e. The van der Waals surface area contributed by atoms with Crippen molar-refractivity contribution in [2.24, 2.45) is 0 Å². The predicted octanol–water partition coefficient (Wildman–Crippen LogP) is 4.62. The number of benzene rings is 2. The van der Waals surface area contributed by atoms with Crippen LogP contribution in [0.25, 0.3) is 0 Å². The second-order valence-electron chi connectivity index (χ2n) is 5.08. The van der Waals surface area contributed by atoms with Gasteiger partial charge in [-0.25, -0.2) is 9.97 Å². The number of para-hydroxylation sites is 1. The summed E-state index contributed by atoms with van der Waals surface area (Å²) in [6, 6.07) is 15.8. The van der Waals surface area contributed by atoms with Gasteiger partial charge in [0.15, 0.2) is 11.6 Å². The molecule has 4 N–H and O–H groups in total. The van der Waals surface area contributed by atoms with Crippen LogP contribution in [0.1, 0.15) is 5.56 Å². The Labute approximate surface area is 143 Å². The topological polar surface area (TPSA) is 75.9 Å². The van der Waals surface area contributed by atoms with Gasteiger partial charge in [0.25, 0.3) is 0 Å². The molecule has 0 unspecified atom stereocenters. The van der Waals surface area contributed by atoms with E-state index in [1.165, 1.54) is 11.9 Å². The van der Waals surface area contributed by atoms with Crippen LogP contribution in [-0.2, 0) is 0 Å². The van der Waals surface area contributed by atoms with Gasteiger partial charge in [-0.2, -0.15) is 0 Å². The van der Waals surface area contributed by atoms with E-state index in [-0.39, 0.29) is 0 Å². The molecule has 1 heterocycles. The highest BCUT2D eigenvalue weighted by molar-refractivity contribution is 9.10. The highest BCUT2D eigenvalue weighted by Crippen LogP contribution is 2.30. The van der Waals surface area contributed by atoms with Gasteiger partial charge >= 0.3 is 0 Å². The third-order valence-corrected chi connectivity index (χ3v) is 4.02. The molecule has 0 atom stereocenters. The van der Waals surface area contributed by atoms with Crippen molar-refractivity contribution in [2.45, 2.75) is 6.92 Å². The lowest BCUT2D eigenvalue weighted by atomic mass is 10.2. The van der Waals surface area contributed by atoms with Crippen LogP contribution < -0.4 is 16.4 Å². The molecule has 116 valence electrons. The van der Waals surface area contributed by atoms with E-state index in [1.807, 2.05) is 55.5 Å². The van der Waals surface area contributed by atoms with Crippen molar-refractivity contribution < 1.29 is 0 Å². The van der Waals surface area contributed by atoms with Crippen molar-refractivity contribution in [1.82, 2.24) is 9.97 Å². The number of aryl methyl sites for hydroxylation is 1. The number of halogens is 1. The first-order chi connectivity index (χ1) is 11.1. The van der Waals surface area contributed by atoms with Gasteiger partial charge in [0, 0.05) is 10.2 Å². The molecular formula is C17H16BrN5. The van der Waals surface area contributed by atoms with E-state index in [0.717, 1.165) is 15.8 Å². The van der Waals surface area contributed by atoms with Crippen LogP contribution in [0.5, 0.6) is 0 Å². The van der Waals surface area contributed by atoms with Crippen molar-refractivity contribution >= 4 is 44.6 Å². The van der Waals surface area contributed by atoms with Gasteiger partial charge < -0.3 is 16.4 Å². The van der Waals surface area contributed by atoms with Gasteiger partial charge in [-0.15, -0.1) is 0 Å². The zero-order chi connectivity index (χ0) is 16.2. The Morgan fingerprint density at radius 1 is 0.913 bits per heavy atom. The third-order valence-electron chi connectivity index (χ3n) is 3.33. The molecule has 0 saturated heterocycles. The zero-order valence-corrected chi connectivity index (χ0v) is 14.1. The van der Waals surface area contributed by atoms with Crippen molar-refractivity contribution in [3.8, 4) is 0 Å². The first-order valence-electron chi connectivity index (χ1n) is 7.09. The highest BCUT2D eigenvalue weighted by Gasteiger charge is 2.09. The highest BCUT2D eigenvalue weighted by atomic mass is 79.9. The maximum atomic E-state index is 6.19. The van der Waals surface area contributed by atoms with Gasteiger partial charge in [-0.05, 0) is 47.1 Å². The molecule has 3 aromatic rings. The number of anilines is 5. The lowest BCUT2D eigenvalue weighted by molar-refractivity contribution is 1.17. The van der Waals surface area contributed by atoms with E-state index in [4.69, 9.17) is 5.73 Å². The second-order valence-corrected chi connectivity index (χ2v) is 5.93. The largest absolute Gasteiger partial charge is 0.393 e. The Morgan fingerprint density at radius 2 is 1.57 bits per heavy atom. The molecule has 0 radical (unpaired) electrons. The van der Waals surface area contributed by atoms with Gasteiger partial charge in [0.1, 0.15) is 12.0 Å². The van der Waals surface area contributed by atoms with Gasteiger partial charge in [0.2, 0.25) is 0 Å². The number of nitrogens with two attached hydrogens (primary N) is 1. The monoisotopic (exact) mass is 369 g/mol. The van der Waals surface area contributed by atoms with E-state index in [0.29, 0.717) is 17.3 Å². The molecule has 1 aromatic heterocycles.